The van der Waals surface area contributed by atoms with Gasteiger partial charge < -0.3 is 20.1 Å². The van der Waals surface area contributed by atoms with E-state index in [1.54, 1.807) is 6.07 Å². The summed E-state index contributed by atoms with van der Waals surface area (Å²) in [5, 5.41) is 6.22. The summed E-state index contributed by atoms with van der Waals surface area (Å²) in [5.41, 5.74) is 0. The summed E-state index contributed by atoms with van der Waals surface area (Å²) in [5.74, 6) is 1.16. The van der Waals surface area contributed by atoms with Crippen molar-refractivity contribution >= 4 is 5.91 Å². The Hall–Kier alpha value is -1.75. The Bertz CT molecular complexity index is 431. The van der Waals surface area contributed by atoms with Crippen molar-refractivity contribution in [2.75, 3.05) is 26.3 Å². The maximum absolute atomic E-state index is 11.7. The number of hydrogen-bond acceptors (Lipinski definition) is 4. The van der Waals surface area contributed by atoms with Gasteiger partial charge in [-0.05, 0) is 38.4 Å². The van der Waals surface area contributed by atoms with Crippen LogP contribution in [0.15, 0.2) is 24.3 Å². The van der Waals surface area contributed by atoms with E-state index in [2.05, 4.69) is 10.6 Å². The molecule has 1 aliphatic rings. The van der Waals surface area contributed by atoms with Crippen LogP contribution >= 0.6 is 0 Å². The van der Waals surface area contributed by atoms with E-state index in [4.69, 9.17) is 9.47 Å². The topological polar surface area (TPSA) is 59.6 Å². The van der Waals surface area contributed by atoms with Crippen LogP contribution in [0.25, 0.3) is 0 Å². The molecule has 1 saturated heterocycles. The Morgan fingerprint density at radius 2 is 2.10 bits per heavy atom. The maximum atomic E-state index is 11.7. The van der Waals surface area contributed by atoms with Gasteiger partial charge in [0.2, 0.25) is 0 Å². The van der Waals surface area contributed by atoms with Gasteiger partial charge in [-0.2, -0.15) is 0 Å². The van der Waals surface area contributed by atoms with E-state index in [-0.39, 0.29) is 12.5 Å². The summed E-state index contributed by atoms with van der Waals surface area (Å²) in [6.45, 7) is 4.20. The van der Waals surface area contributed by atoms with E-state index in [0.29, 0.717) is 30.7 Å². The van der Waals surface area contributed by atoms with Crippen molar-refractivity contribution in [3.8, 4) is 11.5 Å². The highest BCUT2D eigenvalue weighted by atomic mass is 16.5. The van der Waals surface area contributed by atoms with Crippen LogP contribution in [0.4, 0.5) is 0 Å². The van der Waals surface area contributed by atoms with Gasteiger partial charge in [0.05, 0.1) is 6.61 Å². The van der Waals surface area contributed by atoms with Crippen molar-refractivity contribution in [3.05, 3.63) is 24.3 Å². The average Bonchev–Trinajstić information content (AvgIpc) is 2.98. The standard InChI is InChI=1S/C15H22N2O3/c1-2-19-13-7-3-4-8-14(13)20-11-15(18)17-10-12-6-5-9-16-12/h3-4,7-8,12,16H,2,5-6,9-11H2,1H3,(H,17,18). The van der Waals surface area contributed by atoms with Crippen molar-refractivity contribution in [2.24, 2.45) is 0 Å². The lowest BCUT2D eigenvalue weighted by Crippen LogP contribution is -2.39. The minimum absolute atomic E-state index is 0.0107. The average molecular weight is 278 g/mol. The normalized spacial score (nSPS) is 17.8. The van der Waals surface area contributed by atoms with Gasteiger partial charge in [-0.25, -0.2) is 0 Å². The molecule has 5 nitrogen and oxygen atoms in total. The van der Waals surface area contributed by atoms with E-state index < -0.39 is 0 Å². The SMILES string of the molecule is CCOc1ccccc1OCC(=O)NCC1CCCN1. The number of ether oxygens (including phenoxy) is 2. The minimum atomic E-state index is -0.106. The van der Waals surface area contributed by atoms with Crippen molar-refractivity contribution in [1.82, 2.24) is 10.6 Å². The van der Waals surface area contributed by atoms with Gasteiger partial charge in [-0.1, -0.05) is 12.1 Å². The van der Waals surface area contributed by atoms with Crippen molar-refractivity contribution in [2.45, 2.75) is 25.8 Å². The van der Waals surface area contributed by atoms with Gasteiger partial charge in [0.25, 0.3) is 5.91 Å². The monoisotopic (exact) mass is 278 g/mol. The summed E-state index contributed by atoms with van der Waals surface area (Å²) < 4.78 is 11.0. The first-order chi connectivity index (χ1) is 9.79. The van der Waals surface area contributed by atoms with E-state index in [9.17, 15) is 4.79 Å². The zero-order chi connectivity index (χ0) is 14.2. The quantitative estimate of drug-likeness (QED) is 0.790. The van der Waals surface area contributed by atoms with Crippen LogP contribution in [0.3, 0.4) is 0 Å². The third-order valence-electron chi connectivity index (χ3n) is 3.22. The predicted octanol–water partition coefficient (Wildman–Crippen LogP) is 1.33. The zero-order valence-electron chi connectivity index (χ0n) is 11.9. The second-order valence-corrected chi connectivity index (χ2v) is 4.77. The van der Waals surface area contributed by atoms with Crippen LogP contribution in [-0.4, -0.2) is 38.3 Å². The molecular weight excluding hydrogens is 256 g/mol. The highest BCUT2D eigenvalue weighted by molar-refractivity contribution is 5.77. The van der Waals surface area contributed by atoms with Crippen LogP contribution < -0.4 is 20.1 Å². The number of hydrogen-bond donors (Lipinski definition) is 2. The Labute approximate surface area is 119 Å². The second kappa shape index (κ2) is 7.75. The number of benzene rings is 1. The molecule has 2 rings (SSSR count). The molecule has 20 heavy (non-hydrogen) atoms. The van der Waals surface area contributed by atoms with Gasteiger partial charge in [-0.3, -0.25) is 4.79 Å². The fraction of sp³-hybridized carbons (Fsp3) is 0.533. The fourth-order valence-electron chi connectivity index (χ4n) is 2.21. The molecule has 0 aromatic heterocycles. The number of carbonyl (C=O) groups excluding carboxylic acids is 1. The number of rotatable bonds is 7. The molecule has 1 atom stereocenters. The van der Waals surface area contributed by atoms with E-state index in [0.717, 1.165) is 13.0 Å². The summed E-state index contributed by atoms with van der Waals surface area (Å²) in [6.07, 6.45) is 2.30. The second-order valence-electron chi connectivity index (χ2n) is 4.77. The van der Waals surface area contributed by atoms with Crippen molar-refractivity contribution < 1.29 is 14.3 Å². The van der Waals surface area contributed by atoms with Gasteiger partial charge in [0.15, 0.2) is 18.1 Å². The smallest absolute Gasteiger partial charge is 0.257 e. The summed E-state index contributed by atoms with van der Waals surface area (Å²) >= 11 is 0. The molecule has 1 aromatic rings. The lowest BCUT2D eigenvalue weighted by atomic mass is 10.2. The third-order valence-corrected chi connectivity index (χ3v) is 3.22. The molecule has 5 heteroatoms. The molecule has 1 amide bonds. The Morgan fingerprint density at radius 1 is 1.35 bits per heavy atom. The number of para-hydroxylation sites is 2. The van der Waals surface area contributed by atoms with E-state index in [1.165, 1.54) is 6.42 Å². The first-order valence-electron chi connectivity index (χ1n) is 7.14. The molecule has 1 fully saturated rings. The first kappa shape index (κ1) is 14.7. The molecule has 0 saturated carbocycles. The molecule has 0 spiro atoms. The van der Waals surface area contributed by atoms with Crippen molar-refractivity contribution in [1.29, 1.82) is 0 Å². The highest BCUT2D eigenvalue weighted by Crippen LogP contribution is 2.26. The molecule has 1 aromatic carbocycles. The Kier molecular flexibility index (Phi) is 5.68. The molecule has 0 radical (unpaired) electrons. The molecule has 1 aliphatic heterocycles. The fourth-order valence-corrected chi connectivity index (χ4v) is 2.21. The Morgan fingerprint density at radius 3 is 2.75 bits per heavy atom. The largest absolute Gasteiger partial charge is 0.490 e. The van der Waals surface area contributed by atoms with Gasteiger partial charge in [-0.15, -0.1) is 0 Å². The van der Waals surface area contributed by atoms with E-state index >= 15 is 0 Å². The maximum Gasteiger partial charge on any atom is 0.257 e. The third kappa shape index (κ3) is 4.42. The minimum Gasteiger partial charge on any atom is -0.490 e. The molecule has 1 unspecified atom stereocenters. The molecule has 2 N–H and O–H groups in total. The number of nitrogens with one attached hydrogen (secondary N) is 2. The van der Waals surface area contributed by atoms with Crippen molar-refractivity contribution in [3.63, 3.8) is 0 Å². The predicted molar refractivity (Wildman–Crippen MR) is 77.1 cm³/mol. The lowest BCUT2D eigenvalue weighted by molar-refractivity contribution is -0.123. The first-order valence-corrected chi connectivity index (χ1v) is 7.14. The molecule has 110 valence electrons. The summed E-state index contributed by atoms with van der Waals surface area (Å²) in [7, 11) is 0. The van der Waals surface area contributed by atoms with E-state index in [1.807, 2.05) is 25.1 Å². The molecule has 0 bridgehead atoms. The van der Waals surface area contributed by atoms with Crippen LogP contribution in [0, 0.1) is 0 Å². The molecule has 0 aliphatic carbocycles. The van der Waals surface area contributed by atoms with Gasteiger partial charge in [0.1, 0.15) is 0 Å². The van der Waals surface area contributed by atoms with Gasteiger partial charge >= 0.3 is 0 Å². The lowest BCUT2D eigenvalue weighted by Gasteiger charge is -2.13. The van der Waals surface area contributed by atoms with Crippen LogP contribution in [-0.2, 0) is 4.79 Å². The van der Waals surface area contributed by atoms with Crippen LogP contribution in [0.5, 0.6) is 11.5 Å². The number of carbonyl (C=O) groups is 1. The van der Waals surface area contributed by atoms with Gasteiger partial charge in [0, 0.05) is 12.6 Å². The summed E-state index contributed by atoms with van der Waals surface area (Å²) in [4.78, 5) is 11.7. The molecular formula is C15H22N2O3. The van der Waals surface area contributed by atoms with Crippen LogP contribution in [0.2, 0.25) is 0 Å². The summed E-state index contributed by atoms with van der Waals surface area (Å²) in [6, 6.07) is 7.77. The Balaban J connectivity index is 1.74. The number of amides is 1. The molecule has 1 heterocycles. The van der Waals surface area contributed by atoms with Crippen LogP contribution in [0.1, 0.15) is 19.8 Å². The zero-order valence-corrected chi connectivity index (χ0v) is 11.9. The highest BCUT2D eigenvalue weighted by Gasteiger charge is 2.15.